The van der Waals surface area contributed by atoms with Gasteiger partial charge >= 0.3 is 0 Å². The molecule has 21 heavy (non-hydrogen) atoms. The molecule has 2 aromatic rings. The number of hydrogen-bond acceptors (Lipinski definition) is 5. The molecule has 0 saturated carbocycles. The third-order valence-corrected chi connectivity index (χ3v) is 3.63. The predicted octanol–water partition coefficient (Wildman–Crippen LogP) is 2.28. The van der Waals surface area contributed by atoms with E-state index in [9.17, 15) is 0 Å². The lowest BCUT2D eigenvalue weighted by Crippen LogP contribution is -2.23. The number of aromatic nitrogens is 2. The van der Waals surface area contributed by atoms with Crippen molar-refractivity contribution in [2.24, 2.45) is 10.7 Å². The molecule has 6 nitrogen and oxygen atoms in total. The Hall–Kier alpha value is -1.99. The number of guanidine groups is 1. The maximum absolute atomic E-state index is 5.79. The molecule has 0 saturated heterocycles. The molecule has 0 aliphatic rings. The fraction of sp³-hybridized carbons (Fsp3) is 0.357. The van der Waals surface area contributed by atoms with Gasteiger partial charge in [0.15, 0.2) is 5.96 Å². The van der Waals surface area contributed by atoms with Crippen LogP contribution in [-0.4, -0.2) is 35.9 Å². The summed E-state index contributed by atoms with van der Waals surface area (Å²) in [5.74, 6) is 0.321. The Morgan fingerprint density at radius 2 is 2.19 bits per heavy atom. The maximum atomic E-state index is 5.79. The molecule has 0 unspecified atom stereocenters. The second kappa shape index (κ2) is 7.70. The van der Waals surface area contributed by atoms with Gasteiger partial charge in [0.25, 0.3) is 0 Å². The van der Waals surface area contributed by atoms with E-state index >= 15 is 0 Å². The van der Waals surface area contributed by atoms with E-state index < -0.39 is 0 Å². The minimum absolute atomic E-state index is 0.321. The van der Waals surface area contributed by atoms with Crippen molar-refractivity contribution in [1.82, 2.24) is 10.2 Å². The third-order valence-electron chi connectivity index (χ3n) is 2.76. The van der Waals surface area contributed by atoms with Crippen LogP contribution in [0.15, 0.2) is 29.3 Å². The Labute approximate surface area is 128 Å². The number of ether oxygens (including phenoxy) is 1. The molecule has 112 valence electrons. The highest BCUT2D eigenvalue weighted by Gasteiger charge is 2.08. The first-order valence-electron chi connectivity index (χ1n) is 6.75. The Bertz CT molecular complexity index is 611. The van der Waals surface area contributed by atoms with Crippen molar-refractivity contribution < 1.29 is 4.74 Å². The highest BCUT2D eigenvalue weighted by atomic mass is 32.1. The van der Waals surface area contributed by atoms with Gasteiger partial charge in [-0.3, -0.25) is 4.99 Å². The number of aryl methyl sites for hydroxylation is 1. The maximum Gasteiger partial charge on any atom is 0.212 e. The van der Waals surface area contributed by atoms with Gasteiger partial charge in [0.2, 0.25) is 5.13 Å². The fourth-order valence-electron chi connectivity index (χ4n) is 1.72. The van der Waals surface area contributed by atoms with Gasteiger partial charge in [0.05, 0.1) is 13.2 Å². The van der Waals surface area contributed by atoms with E-state index in [2.05, 4.69) is 20.5 Å². The molecule has 1 heterocycles. The average molecular weight is 305 g/mol. The van der Waals surface area contributed by atoms with E-state index in [0.717, 1.165) is 10.6 Å². The number of nitrogens with zero attached hydrogens (tertiary/aromatic N) is 3. The Balaban J connectivity index is 1.99. The summed E-state index contributed by atoms with van der Waals surface area (Å²) < 4.78 is 5.19. The second-order valence-electron chi connectivity index (χ2n) is 4.32. The van der Waals surface area contributed by atoms with Crippen molar-refractivity contribution in [1.29, 1.82) is 0 Å². The zero-order chi connectivity index (χ0) is 15.1. The van der Waals surface area contributed by atoms with Gasteiger partial charge in [-0.25, -0.2) is 0 Å². The summed E-state index contributed by atoms with van der Waals surface area (Å²) in [5.41, 5.74) is 8.03. The van der Waals surface area contributed by atoms with Crippen LogP contribution < -0.4 is 11.1 Å². The van der Waals surface area contributed by atoms with E-state index in [1.54, 1.807) is 0 Å². The Morgan fingerprint density at radius 1 is 1.38 bits per heavy atom. The molecule has 0 fully saturated rings. The molecule has 0 aliphatic carbocycles. The van der Waals surface area contributed by atoms with E-state index in [-0.39, 0.29) is 0 Å². The monoisotopic (exact) mass is 305 g/mol. The zero-order valence-corrected chi connectivity index (χ0v) is 13.0. The fourth-order valence-corrected chi connectivity index (χ4v) is 2.56. The molecule has 1 aromatic carbocycles. The van der Waals surface area contributed by atoms with Crippen LogP contribution in [0, 0.1) is 6.92 Å². The molecule has 0 radical (unpaired) electrons. The number of hydrogen-bond donors (Lipinski definition) is 2. The smallest absolute Gasteiger partial charge is 0.212 e. The van der Waals surface area contributed by atoms with Crippen LogP contribution in [0.1, 0.15) is 12.5 Å². The quantitative estimate of drug-likeness (QED) is 0.486. The van der Waals surface area contributed by atoms with Gasteiger partial charge in [-0.15, -0.1) is 10.2 Å². The first-order chi connectivity index (χ1) is 10.2. The van der Waals surface area contributed by atoms with Crippen molar-refractivity contribution in [3.05, 3.63) is 29.8 Å². The molecule has 0 aliphatic heterocycles. The van der Waals surface area contributed by atoms with E-state index in [1.807, 2.05) is 38.1 Å². The molecule has 0 atom stereocenters. The molecule has 2 rings (SSSR count). The summed E-state index contributed by atoms with van der Waals surface area (Å²) in [5, 5.41) is 12.7. The summed E-state index contributed by atoms with van der Waals surface area (Å²) in [6.45, 7) is 5.76. The van der Waals surface area contributed by atoms with Crippen LogP contribution in [0.3, 0.4) is 0 Å². The normalized spacial score (nSPS) is 11.6. The molecule has 7 heteroatoms. The van der Waals surface area contributed by atoms with Crippen LogP contribution in [0.25, 0.3) is 10.6 Å². The Kier molecular flexibility index (Phi) is 5.65. The number of nitrogens with one attached hydrogen (secondary N) is 1. The van der Waals surface area contributed by atoms with Crippen molar-refractivity contribution in [2.75, 3.05) is 25.1 Å². The van der Waals surface area contributed by atoms with Crippen molar-refractivity contribution in [3.63, 3.8) is 0 Å². The largest absolute Gasteiger partial charge is 0.380 e. The topological polar surface area (TPSA) is 85.4 Å². The summed E-state index contributed by atoms with van der Waals surface area (Å²) in [6, 6.07) is 8.06. The number of anilines is 1. The third kappa shape index (κ3) is 4.51. The van der Waals surface area contributed by atoms with Crippen LogP contribution in [0.2, 0.25) is 0 Å². The molecular weight excluding hydrogens is 286 g/mol. The first-order valence-corrected chi connectivity index (χ1v) is 7.56. The van der Waals surface area contributed by atoms with E-state index in [4.69, 9.17) is 10.5 Å². The number of rotatable bonds is 6. The molecular formula is C14H19N5OS. The van der Waals surface area contributed by atoms with Gasteiger partial charge in [0, 0.05) is 12.2 Å². The summed E-state index contributed by atoms with van der Waals surface area (Å²) in [4.78, 5) is 4.15. The van der Waals surface area contributed by atoms with Gasteiger partial charge in [-0.05, 0) is 19.4 Å². The van der Waals surface area contributed by atoms with Crippen molar-refractivity contribution in [3.8, 4) is 10.6 Å². The van der Waals surface area contributed by atoms with Crippen molar-refractivity contribution in [2.45, 2.75) is 13.8 Å². The van der Waals surface area contributed by atoms with Crippen LogP contribution >= 0.6 is 11.3 Å². The lowest BCUT2D eigenvalue weighted by Gasteiger charge is -2.01. The first kappa shape index (κ1) is 15.4. The van der Waals surface area contributed by atoms with Crippen LogP contribution in [-0.2, 0) is 4.74 Å². The lowest BCUT2D eigenvalue weighted by molar-refractivity contribution is 0.156. The van der Waals surface area contributed by atoms with E-state index in [0.29, 0.717) is 30.8 Å². The van der Waals surface area contributed by atoms with Crippen LogP contribution in [0.4, 0.5) is 5.13 Å². The van der Waals surface area contributed by atoms with Gasteiger partial charge in [-0.2, -0.15) is 0 Å². The van der Waals surface area contributed by atoms with E-state index in [1.165, 1.54) is 16.9 Å². The van der Waals surface area contributed by atoms with Gasteiger partial charge in [-0.1, -0.05) is 35.6 Å². The lowest BCUT2D eigenvalue weighted by atomic mass is 10.1. The molecule has 1 aromatic heterocycles. The predicted molar refractivity (Wildman–Crippen MR) is 86.7 cm³/mol. The summed E-state index contributed by atoms with van der Waals surface area (Å²) >= 11 is 1.45. The second-order valence-corrected chi connectivity index (χ2v) is 5.29. The number of aliphatic imine (C=N–C) groups is 1. The minimum atomic E-state index is 0.321. The highest BCUT2D eigenvalue weighted by molar-refractivity contribution is 7.18. The number of nitrogens with two attached hydrogens (primary N) is 1. The standard InChI is InChI=1S/C14H19N5OS/c1-3-20-9-8-16-13(15)17-14-19-18-12(21-14)11-7-5-4-6-10(11)2/h4-7H,3,8-9H2,1-2H3,(H3,15,16,17,19). The molecule has 0 bridgehead atoms. The highest BCUT2D eigenvalue weighted by Crippen LogP contribution is 2.28. The average Bonchev–Trinajstić information content (AvgIpc) is 2.92. The Morgan fingerprint density at radius 3 is 2.95 bits per heavy atom. The molecule has 0 spiro atoms. The SMILES string of the molecule is CCOCCN=C(N)Nc1nnc(-c2ccccc2C)s1. The molecule has 0 amide bonds. The number of benzene rings is 1. The summed E-state index contributed by atoms with van der Waals surface area (Å²) in [6.07, 6.45) is 0. The van der Waals surface area contributed by atoms with Gasteiger partial charge < -0.3 is 15.8 Å². The minimum Gasteiger partial charge on any atom is -0.380 e. The zero-order valence-electron chi connectivity index (χ0n) is 12.2. The van der Waals surface area contributed by atoms with Gasteiger partial charge in [0.1, 0.15) is 5.01 Å². The molecule has 3 N–H and O–H groups in total. The van der Waals surface area contributed by atoms with Crippen LogP contribution in [0.5, 0.6) is 0 Å². The summed E-state index contributed by atoms with van der Waals surface area (Å²) in [7, 11) is 0. The van der Waals surface area contributed by atoms with Crippen molar-refractivity contribution >= 4 is 22.4 Å².